The van der Waals surface area contributed by atoms with Gasteiger partial charge in [0.15, 0.2) is 0 Å². The van der Waals surface area contributed by atoms with Crippen molar-refractivity contribution in [2.24, 2.45) is 23.0 Å². The van der Waals surface area contributed by atoms with E-state index in [1.54, 1.807) is 0 Å². The van der Waals surface area contributed by atoms with E-state index in [1.165, 1.54) is 51.7 Å². The van der Waals surface area contributed by atoms with Crippen molar-refractivity contribution >= 4 is 5.84 Å². The van der Waals surface area contributed by atoms with Crippen LogP contribution in [0, 0.1) is 22.7 Å². The molecule has 20 heavy (non-hydrogen) atoms. The highest BCUT2D eigenvalue weighted by molar-refractivity contribution is 5.82. The fourth-order valence-corrected chi connectivity index (χ4v) is 3.11. The molecule has 0 aromatic rings. The molecule has 0 saturated carbocycles. The van der Waals surface area contributed by atoms with Gasteiger partial charge < -0.3 is 10.6 Å². The van der Waals surface area contributed by atoms with Crippen LogP contribution in [0.25, 0.3) is 0 Å². The molecule has 1 heterocycles. The molecule has 0 spiro atoms. The molecular weight excluding hydrogens is 246 g/mol. The van der Waals surface area contributed by atoms with Gasteiger partial charge >= 0.3 is 0 Å². The average Bonchev–Trinajstić information content (AvgIpc) is 2.60. The highest BCUT2D eigenvalue weighted by Crippen LogP contribution is 2.25. The standard InChI is InChI=1S/C17H35N3/c1-14(2)15-8-7-12-20(13-9-15)11-6-5-10-17(3,4)16(18)19/h14-15H,5-13H2,1-4H3,(H3,18,19). The fourth-order valence-electron chi connectivity index (χ4n) is 3.11. The van der Waals surface area contributed by atoms with Gasteiger partial charge in [0.1, 0.15) is 0 Å². The lowest BCUT2D eigenvalue weighted by molar-refractivity contribution is 0.262. The topological polar surface area (TPSA) is 53.1 Å². The number of rotatable bonds is 7. The maximum Gasteiger partial charge on any atom is 0.0963 e. The summed E-state index contributed by atoms with van der Waals surface area (Å²) in [6.45, 7) is 12.7. The Hall–Kier alpha value is -0.570. The maximum absolute atomic E-state index is 7.59. The van der Waals surface area contributed by atoms with Crippen molar-refractivity contribution < 1.29 is 0 Å². The van der Waals surface area contributed by atoms with Gasteiger partial charge in [0.05, 0.1) is 5.84 Å². The van der Waals surface area contributed by atoms with Crippen molar-refractivity contribution in [3.63, 3.8) is 0 Å². The SMILES string of the molecule is CC(C)C1CCCN(CCCCC(C)(C)C(=N)N)CC1. The van der Waals surface area contributed by atoms with Crippen molar-refractivity contribution in [1.29, 1.82) is 5.41 Å². The quantitative estimate of drug-likeness (QED) is 0.423. The molecule has 0 aromatic heterocycles. The molecular formula is C17H35N3. The summed E-state index contributed by atoms with van der Waals surface area (Å²) in [7, 11) is 0. The zero-order chi connectivity index (χ0) is 15.2. The normalized spacial score (nSPS) is 21.9. The molecule has 1 fully saturated rings. The number of unbranched alkanes of at least 4 members (excludes halogenated alkanes) is 1. The second kappa shape index (κ2) is 8.02. The summed E-state index contributed by atoms with van der Waals surface area (Å²) in [6, 6.07) is 0. The van der Waals surface area contributed by atoms with Crippen LogP contribution in [0.4, 0.5) is 0 Å². The van der Waals surface area contributed by atoms with Crippen LogP contribution in [-0.4, -0.2) is 30.4 Å². The molecule has 1 atom stereocenters. The summed E-state index contributed by atoms with van der Waals surface area (Å²) < 4.78 is 0. The van der Waals surface area contributed by atoms with Crippen molar-refractivity contribution in [2.45, 2.75) is 66.2 Å². The van der Waals surface area contributed by atoms with Crippen LogP contribution in [-0.2, 0) is 0 Å². The van der Waals surface area contributed by atoms with Gasteiger partial charge in [-0.1, -0.05) is 34.1 Å². The molecule has 1 aliphatic heterocycles. The fraction of sp³-hybridized carbons (Fsp3) is 0.941. The Morgan fingerprint density at radius 2 is 1.95 bits per heavy atom. The number of likely N-dealkylation sites (tertiary alicyclic amines) is 1. The predicted octanol–water partition coefficient (Wildman–Crippen LogP) is 3.88. The summed E-state index contributed by atoms with van der Waals surface area (Å²) >= 11 is 0. The average molecular weight is 281 g/mol. The number of nitrogens with two attached hydrogens (primary N) is 1. The van der Waals surface area contributed by atoms with E-state index in [4.69, 9.17) is 11.1 Å². The van der Waals surface area contributed by atoms with Gasteiger partial charge in [-0.3, -0.25) is 5.41 Å². The summed E-state index contributed by atoms with van der Waals surface area (Å²) in [5, 5.41) is 7.59. The Bertz CT molecular complexity index is 297. The smallest absolute Gasteiger partial charge is 0.0963 e. The van der Waals surface area contributed by atoms with Crippen LogP contribution in [0.15, 0.2) is 0 Å². The molecule has 3 nitrogen and oxygen atoms in total. The van der Waals surface area contributed by atoms with Crippen molar-refractivity contribution in [3.8, 4) is 0 Å². The third kappa shape index (κ3) is 5.82. The number of amidine groups is 1. The second-order valence-corrected chi connectivity index (χ2v) is 7.53. The first-order valence-electron chi connectivity index (χ1n) is 8.40. The molecule has 1 aliphatic rings. The number of nitrogens with one attached hydrogen (secondary N) is 1. The van der Waals surface area contributed by atoms with Crippen molar-refractivity contribution in [1.82, 2.24) is 4.90 Å². The van der Waals surface area contributed by atoms with Gasteiger partial charge in [0.2, 0.25) is 0 Å². The number of hydrogen-bond acceptors (Lipinski definition) is 2. The molecule has 1 saturated heterocycles. The maximum atomic E-state index is 7.59. The summed E-state index contributed by atoms with van der Waals surface area (Å²) in [4.78, 5) is 2.64. The Labute approximate surface area is 125 Å². The lowest BCUT2D eigenvalue weighted by atomic mass is 9.86. The predicted molar refractivity (Wildman–Crippen MR) is 88.2 cm³/mol. The molecule has 3 N–H and O–H groups in total. The summed E-state index contributed by atoms with van der Waals surface area (Å²) in [6.07, 6.45) is 7.59. The zero-order valence-electron chi connectivity index (χ0n) is 14.0. The van der Waals surface area contributed by atoms with Crippen molar-refractivity contribution in [3.05, 3.63) is 0 Å². The molecule has 0 radical (unpaired) electrons. The highest BCUT2D eigenvalue weighted by Gasteiger charge is 2.22. The van der Waals surface area contributed by atoms with Crippen LogP contribution in [0.3, 0.4) is 0 Å². The van der Waals surface area contributed by atoms with Crippen LogP contribution < -0.4 is 5.73 Å². The van der Waals surface area contributed by atoms with Crippen LogP contribution in [0.2, 0.25) is 0 Å². The number of hydrogen-bond donors (Lipinski definition) is 2. The first-order chi connectivity index (χ1) is 9.33. The molecule has 0 amide bonds. The monoisotopic (exact) mass is 281 g/mol. The molecule has 0 bridgehead atoms. The van der Waals surface area contributed by atoms with E-state index < -0.39 is 0 Å². The van der Waals surface area contributed by atoms with Crippen LogP contribution in [0.5, 0.6) is 0 Å². The third-order valence-electron chi connectivity index (χ3n) is 5.06. The van der Waals surface area contributed by atoms with E-state index in [-0.39, 0.29) is 5.41 Å². The molecule has 118 valence electrons. The Balaban J connectivity index is 2.21. The minimum Gasteiger partial charge on any atom is -0.387 e. The van der Waals surface area contributed by atoms with Gasteiger partial charge in [-0.05, 0) is 63.6 Å². The first-order valence-corrected chi connectivity index (χ1v) is 8.40. The minimum atomic E-state index is -0.123. The van der Waals surface area contributed by atoms with E-state index in [2.05, 4.69) is 32.6 Å². The molecule has 0 aromatic carbocycles. The molecule has 3 heteroatoms. The summed E-state index contributed by atoms with van der Waals surface area (Å²) in [5.41, 5.74) is 5.51. The number of nitrogens with zero attached hydrogens (tertiary/aromatic N) is 1. The Kier molecular flexibility index (Phi) is 7.01. The largest absolute Gasteiger partial charge is 0.387 e. The molecule has 0 aliphatic carbocycles. The van der Waals surface area contributed by atoms with Gasteiger partial charge in [0, 0.05) is 5.41 Å². The zero-order valence-corrected chi connectivity index (χ0v) is 14.0. The summed E-state index contributed by atoms with van der Waals surface area (Å²) in [5.74, 6) is 2.09. The Morgan fingerprint density at radius 3 is 2.55 bits per heavy atom. The van der Waals surface area contributed by atoms with E-state index in [9.17, 15) is 0 Å². The van der Waals surface area contributed by atoms with Crippen LogP contribution in [0.1, 0.15) is 66.2 Å². The van der Waals surface area contributed by atoms with E-state index >= 15 is 0 Å². The van der Waals surface area contributed by atoms with E-state index in [0.717, 1.165) is 18.3 Å². The van der Waals surface area contributed by atoms with Crippen molar-refractivity contribution in [2.75, 3.05) is 19.6 Å². The lowest BCUT2D eigenvalue weighted by Gasteiger charge is -2.24. The van der Waals surface area contributed by atoms with E-state index in [1.807, 2.05) is 0 Å². The minimum absolute atomic E-state index is 0.123. The highest BCUT2D eigenvalue weighted by atomic mass is 15.1. The van der Waals surface area contributed by atoms with Crippen LogP contribution >= 0.6 is 0 Å². The van der Waals surface area contributed by atoms with Gasteiger partial charge in [-0.25, -0.2) is 0 Å². The third-order valence-corrected chi connectivity index (χ3v) is 5.06. The molecule has 1 unspecified atom stereocenters. The second-order valence-electron chi connectivity index (χ2n) is 7.53. The first kappa shape index (κ1) is 17.5. The Morgan fingerprint density at radius 1 is 1.25 bits per heavy atom. The van der Waals surface area contributed by atoms with Gasteiger partial charge in [-0.2, -0.15) is 0 Å². The van der Waals surface area contributed by atoms with Gasteiger partial charge in [0.25, 0.3) is 0 Å². The van der Waals surface area contributed by atoms with E-state index in [0.29, 0.717) is 5.84 Å². The molecule has 1 rings (SSSR count). The van der Waals surface area contributed by atoms with Gasteiger partial charge in [-0.15, -0.1) is 0 Å². The lowest BCUT2D eigenvalue weighted by Crippen LogP contribution is -2.31.